The number of hydrogen-bond acceptors (Lipinski definition) is 5. The van der Waals surface area contributed by atoms with Crippen LogP contribution in [0.15, 0.2) is 47.4 Å². The maximum atomic E-state index is 12.8. The number of ether oxygens (including phenoxy) is 1. The number of nitrogens with one attached hydrogen (secondary N) is 1. The summed E-state index contributed by atoms with van der Waals surface area (Å²) >= 11 is 0. The predicted molar refractivity (Wildman–Crippen MR) is 116 cm³/mol. The van der Waals surface area contributed by atoms with Crippen molar-refractivity contribution in [2.75, 3.05) is 11.9 Å². The number of nitrogens with zero attached hydrogens (tertiary/aromatic N) is 3. The first kappa shape index (κ1) is 20.1. The maximum absolute atomic E-state index is 12.8. The molecule has 1 N–H and O–H groups in total. The topological polar surface area (TPSA) is 86.1 Å². The average Bonchev–Trinajstić information content (AvgIpc) is 2.77. The lowest BCUT2D eigenvalue weighted by Crippen LogP contribution is -2.30. The monoisotopic (exact) mass is 406 g/mol. The van der Waals surface area contributed by atoms with Gasteiger partial charge < -0.3 is 10.1 Å². The van der Waals surface area contributed by atoms with E-state index >= 15 is 0 Å². The van der Waals surface area contributed by atoms with E-state index in [4.69, 9.17) is 4.74 Å². The fourth-order valence-electron chi connectivity index (χ4n) is 3.94. The third-order valence-corrected chi connectivity index (χ3v) is 5.58. The van der Waals surface area contributed by atoms with Crippen LogP contribution in [0.3, 0.4) is 0 Å². The number of aromatic nitrogens is 3. The summed E-state index contributed by atoms with van der Waals surface area (Å²) in [5.41, 5.74) is 0.392. The third-order valence-electron chi connectivity index (χ3n) is 5.58. The second-order valence-corrected chi connectivity index (χ2v) is 7.78. The van der Waals surface area contributed by atoms with Crippen LogP contribution in [0.5, 0.6) is 5.75 Å². The molecule has 1 amide bonds. The van der Waals surface area contributed by atoms with Crippen LogP contribution in [0.25, 0.3) is 10.9 Å². The normalized spacial score (nSPS) is 14.6. The third kappa shape index (κ3) is 4.50. The van der Waals surface area contributed by atoms with Gasteiger partial charge in [-0.05, 0) is 49.9 Å². The second kappa shape index (κ2) is 9.07. The summed E-state index contributed by atoms with van der Waals surface area (Å²) in [6.45, 7) is 2.21. The summed E-state index contributed by atoms with van der Waals surface area (Å²) in [4.78, 5) is 34.2. The summed E-state index contributed by atoms with van der Waals surface area (Å²) in [6, 6.07) is 10.7. The van der Waals surface area contributed by atoms with Crippen molar-refractivity contribution in [3.8, 4) is 5.75 Å². The number of rotatable bonds is 6. The molecule has 2 aromatic heterocycles. The van der Waals surface area contributed by atoms with Crippen LogP contribution in [-0.2, 0) is 11.3 Å². The number of amides is 1. The highest BCUT2D eigenvalue weighted by atomic mass is 16.5. The van der Waals surface area contributed by atoms with Gasteiger partial charge in [-0.15, -0.1) is 0 Å². The highest BCUT2D eigenvalue weighted by Crippen LogP contribution is 2.27. The zero-order valence-electron chi connectivity index (χ0n) is 17.1. The Morgan fingerprint density at radius 3 is 2.80 bits per heavy atom. The number of aryl methyl sites for hydroxylation is 1. The molecule has 0 aliphatic heterocycles. The summed E-state index contributed by atoms with van der Waals surface area (Å²) in [7, 11) is 0. The first-order valence-corrected chi connectivity index (χ1v) is 10.5. The van der Waals surface area contributed by atoms with Gasteiger partial charge in [0.2, 0.25) is 5.91 Å². The van der Waals surface area contributed by atoms with Gasteiger partial charge in [-0.25, -0.2) is 9.97 Å². The summed E-state index contributed by atoms with van der Waals surface area (Å²) in [6.07, 6.45) is 7.76. The first-order valence-electron chi connectivity index (χ1n) is 10.5. The minimum absolute atomic E-state index is 0.138. The molecule has 1 aliphatic carbocycles. The Morgan fingerprint density at radius 1 is 1.17 bits per heavy atom. The van der Waals surface area contributed by atoms with E-state index < -0.39 is 0 Å². The molecule has 1 fully saturated rings. The average molecular weight is 406 g/mol. The van der Waals surface area contributed by atoms with E-state index in [9.17, 15) is 9.59 Å². The molecule has 1 aromatic carbocycles. The summed E-state index contributed by atoms with van der Waals surface area (Å²) in [5, 5.41) is 3.28. The van der Waals surface area contributed by atoms with Crippen LogP contribution in [0, 0.1) is 12.8 Å². The Hall–Kier alpha value is -3.22. The van der Waals surface area contributed by atoms with Crippen LogP contribution in [-0.4, -0.2) is 27.0 Å². The summed E-state index contributed by atoms with van der Waals surface area (Å²) < 4.78 is 7.35. The van der Waals surface area contributed by atoms with Crippen molar-refractivity contribution in [3.63, 3.8) is 0 Å². The van der Waals surface area contributed by atoms with E-state index in [1.807, 2.05) is 6.07 Å². The molecule has 3 aromatic rings. The Balaban J connectivity index is 1.47. The predicted octanol–water partition coefficient (Wildman–Crippen LogP) is 3.70. The molecule has 0 bridgehead atoms. The van der Waals surface area contributed by atoms with E-state index in [1.165, 1.54) is 36.7 Å². The number of carbonyl (C=O) groups excluding carboxylic acids is 1. The SMILES string of the molecule is Cc1nc2ccccc2c(=O)n1CC(=O)Nc1ncccc1OCC1CCCCC1. The van der Waals surface area contributed by atoms with Gasteiger partial charge in [0.1, 0.15) is 12.4 Å². The van der Waals surface area contributed by atoms with E-state index in [-0.39, 0.29) is 18.0 Å². The standard InChI is InChI=1S/C23H26N4O3/c1-16-25-19-11-6-5-10-18(19)23(29)27(16)14-21(28)26-22-20(12-7-13-24-22)30-15-17-8-3-2-4-9-17/h5-7,10-13,17H,2-4,8-9,14-15H2,1H3,(H,24,26,28). The molecule has 1 saturated carbocycles. The van der Waals surface area contributed by atoms with Gasteiger partial charge in [0.15, 0.2) is 11.6 Å². The zero-order chi connectivity index (χ0) is 20.9. The molecule has 30 heavy (non-hydrogen) atoms. The molecule has 0 saturated heterocycles. The molecule has 0 radical (unpaired) electrons. The maximum Gasteiger partial charge on any atom is 0.261 e. The second-order valence-electron chi connectivity index (χ2n) is 7.78. The number of pyridine rings is 1. The highest BCUT2D eigenvalue weighted by Gasteiger charge is 2.17. The van der Waals surface area contributed by atoms with E-state index in [0.29, 0.717) is 40.8 Å². The van der Waals surface area contributed by atoms with Crippen molar-refractivity contribution in [2.45, 2.75) is 45.6 Å². The fourth-order valence-corrected chi connectivity index (χ4v) is 3.94. The minimum atomic E-state index is -0.349. The van der Waals surface area contributed by atoms with Gasteiger partial charge in [0.25, 0.3) is 5.56 Å². The van der Waals surface area contributed by atoms with Gasteiger partial charge >= 0.3 is 0 Å². The summed E-state index contributed by atoms with van der Waals surface area (Å²) in [5.74, 6) is 1.62. The first-order chi connectivity index (χ1) is 14.6. The van der Waals surface area contributed by atoms with Crippen molar-refractivity contribution in [3.05, 3.63) is 58.8 Å². The minimum Gasteiger partial charge on any atom is -0.489 e. The van der Waals surface area contributed by atoms with Crippen molar-refractivity contribution in [2.24, 2.45) is 5.92 Å². The Morgan fingerprint density at radius 2 is 1.97 bits per heavy atom. The van der Waals surface area contributed by atoms with Crippen LogP contribution in [0.4, 0.5) is 5.82 Å². The lowest BCUT2D eigenvalue weighted by molar-refractivity contribution is -0.116. The molecule has 7 heteroatoms. The van der Waals surface area contributed by atoms with Gasteiger partial charge in [-0.2, -0.15) is 0 Å². The van der Waals surface area contributed by atoms with Gasteiger partial charge in [-0.3, -0.25) is 14.2 Å². The lowest BCUT2D eigenvalue weighted by Gasteiger charge is -2.22. The number of hydrogen-bond donors (Lipinski definition) is 1. The Kier molecular flexibility index (Phi) is 6.07. The van der Waals surface area contributed by atoms with Crippen molar-refractivity contribution in [1.82, 2.24) is 14.5 Å². The van der Waals surface area contributed by atoms with E-state index in [2.05, 4.69) is 15.3 Å². The quantitative estimate of drug-likeness (QED) is 0.675. The fraction of sp³-hybridized carbons (Fsp3) is 0.391. The molecule has 7 nitrogen and oxygen atoms in total. The van der Waals surface area contributed by atoms with E-state index in [0.717, 1.165) is 0 Å². The number of carbonyl (C=O) groups is 1. The number of benzene rings is 1. The highest BCUT2D eigenvalue weighted by molar-refractivity contribution is 5.91. The van der Waals surface area contributed by atoms with Crippen LogP contribution in [0.2, 0.25) is 0 Å². The van der Waals surface area contributed by atoms with Crippen molar-refractivity contribution < 1.29 is 9.53 Å². The van der Waals surface area contributed by atoms with Gasteiger partial charge in [-0.1, -0.05) is 31.4 Å². The zero-order valence-corrected chi connectivity index (χ0v) is 17.1. The molecule has 4 rings (SSSR count). The number of anilines is 1. The van der Waals surface area contributed by atoms with E-state index in [1.54, 1.807) is 43.5 Å². The van der Waals surface area contributed by atoms with Crippen molar-refractivity contribution in [1.29, 1.82) is 0 Å². The molecule has 2 heterocycles. The Bertz CT molecular complexity index is 1100. The number of fused-ring (bicyclic) bond motifs is 1. The molecule has 0 spiro atoms. The smallest absolute Gasteiger partial charge is 0.261 e. The number of para-hydroxylation sites is 1. The van der Waals surface area contributed by atoms with Crippen LogP contribution in [0.1, 0.15) is 37.9 Å². The van der Waals surface area contributed by atoms with Crippen LogP contribution >= 0.6 is 0 Å². The molecule has 1 aliphatic rings. The van der Waals surface area contributed by atoms with Crippen molar-refractivity contribution >= 4 is 22.6 Å². The molecule has 156 valence electrons. The van der Waals surface area contributed by atoms with Gasteiger partial charge in [0, 0.05) is 6.20 Å². The molecule has 0 unspecified atom stereocenters. The Labute approximate surface area is 175 Å². The largest absolute Gasteiger partial charge is 0.489 e. The molecule has 0 atom stereocenters. The molecular formula is C23H26N4O3. The lowest BCUT2D eigenvalue weighted by atomic mass is 9.90. The van der Waals surface area contributed by atoms with Gasteiger partial charge in [0.05, 0.1) is 17.5 Å². The molecular weight excluding hydrogens is 380 g/mol. The van der Waals surface area contributed by atoms with Crippen LogP contribution < -0.4 is 15.6 Å².